The maximum Gasteiger partial charge on any atom is 0.311 e. The van der Waals surface area contributed by atoms with Crippen LogP contribution in [-0.2, 0) is 21.6 Å². The molecule has 2 aromatic rings. The first-order chi connectivity index (χ1) is 13.2. The topological polar surface area (TPSA) is 26.3 Å². The van der Waals surface area contributed by atoms with Crippen molar-refractivity contribution in [1.82, 2.24) is 0 Å². The highest BCUT2D eigenvalue weighted by Crippen LogP contribution is 2.25. The van der Waals surface area contributed by atoms with E-state index in [-0.39, 0.29) is 5.97 Å². The van der Waals surface area contributed by atoms with Crippen molar-refractivity contribution in [3.8, 4) is 0 Å². The number of hydrogen-bond donors (Lipinski definition) is 0. The third-order valence-corrected chi connectivity index (χ3v) is 5.46. The molecule has 0 aliphatic heterocycles. The lowest BCUT2D eigenvalue weighted by Gasteiger charge is -2.22. The van der Waals surface area contributed by atoms with Gasteiger partial charge in [0, 0.05) is 0 Å². The maximum atomic E-state index is 11.8. The molecular formula is C26H36O2. The summed E-state index contributed by atoms with van der Waals surface area (Å²) in [6.07, 6.45) is 3.76. The van der Waals surface area contributed by atoms with Crippen LogP contribution < -0.4 is 0 Å². The van der Waals surface area contributed by atoms with Crippen LogP contribution >= 0.6 is 0 Å². The molecule has 0 aliphatic rings. The third-order valence-electron chi connectivity index (χ3n) is 5.46. The summed E-state index contributed by atoms with van der Waals surface area (Å²) in [5.74, 6) is -0.146. The van der Waals surface area contributed by atoms with E-state index in [2.05, 4.69) is 57.7 Å². The van der Waals surface area contributed by atoms with Gasteiger partial charge in [-0.15, -0.1) is 0 Å². The second-order valence-corrected chi connectivity index (χ2v) is 8.36. The van der Waals surface area contributed by atoms with Crippen molar-refractivity contribution >= 4 is 12.0 Å². The predicted octanol–water partition coefficient (Wildman–Crippen LogP) is 7.18. The molecule has 0 saturated carbocycles. The summed E-state index contributed by atoms with van der Waals surface area (Å²) in [6.45, 7) is 16.6. The quantitative estimate of drug-likeness (QED) is 0.475. The van der Waals surface area contributed by atoms with Crippen molar-refractivity contribution in [2.24, 2.45) is 5.41 Å². The molecule has 2 nitrogen and oxygen atoms in total. The molecule has 28 heavy (non-hydrogen) atoms. The fourth-order valence-electron chi connectivity index (χ4n) is 2.33. The van der Waals surface area contributed by atoms with Gasteiger partial charge in [0.2, 0.25) is 0 Å². The zero-order chi connectivity index (χ0) is 21.2. The van der Waals surface area contributed by atoms with Crippen LogP contribution in [-0.4, -0.2) is 5.97 Å². The molecule has 0 heterocycles. The Morgan fingerprint density at radius 1 is 0.929 bits per heavy atom. The van der Waals surface area contributed by atoms with E-state index in [1.165, 1.54) is 12.0 Å². The number of ether oxygens (including phenoxy) is 1. The minimum atomic E-state index is -0.402. The summed E-state index contributed by atoms with van der Waals surface area (Å²) in [5.41, 5.74) is 3.43. The van der Waals surface area contributed by atoms with Gasteiger partial charge in [0.25, 0.3) is 0 Å². The van der Waals surface area contributed by atoms with E-state index in [1.807, 2.05) is 45.0 Å². The molecule has 0 unspecified atom stereocenters. The first-order valence-corrected chi connectivity index (χ1v) is 10.1. The fourth-order valence-corrected chi connectivity index (χ4v) is 2.33. The van der Waals surface area contributed by atoms with Gasteiger partial charge in [0.1, 0.15) is 6.61 Å². The highest BCUT2D eigenvalue weighted by Gasteiger charge is 2.26. The third kappa shape index (κ3) is 7.34. The van der Waals surface area contributed by atoms with E-state index < -0.39 is 5.41 Å². The van der Waals surface area contributed by atoms with E-state index in [0.29, 0.717) is 12.0 Å². The molecule has 0 spiro atoms. The summed E-state index contributed by atoms with van der Waals surface area (Å²) in [6, 6.07) is 18.5. The minimum Gasteiger partial charge on any atom is -0.460 e. The lowest BCUT2D eigenvalue weighted by Crippen LogP contribution is -2.25. The SMILES string of the molecule is C=Cc1ccc(COC(=O)C(C)(C)CC)cc1.CCC(C)(C)c1ccccc1. The van der Waals surface area contributed by atoms with Gasteiger partial charge in [0.05, 0.1) is 5.41 Å². The van der Waals surface area contributed by atoms with Crippen LogP contribution in [0.3, 0.4) is 0 Å². The Balaban J connectivity index is 0.000000307. The Morgan fingerprint density at radius 2 is 1.50 bits per heavy atom. The Morgan fingerprint density at radius 3 is 1.96 bits per heavy atom. The number of carbonyl (C=O) groups excluding carboxylic acids is 1. The number of carbonyl (C=O) groups is 1. The highest BCUT2D eigenvalue weighted by atomic mass is 16.5. The zero-order valence-electron chi connectivity index (χ0n) is 18.4. The van der Waals surface area contributed by atoms with Crippen LogP contribution in [0.25, 0.3) is 6.08 Å². The van der Waals surface area contributed by atoms with Crippen LogP contribution in [0.4, 0.5) is 0 Å². The first kappa shape index (κ1) is 23.7. The van der Waals surface area contributed by atoms with Crippen molar-refractivity contribution in [2.75, 3.05) is 0 Å². The average Bonchev–Trinajstić information content (AvgIpc) is 2.73. The molecule has 0 aliphatic carbocycles. The predicted molar refractivity (Wildman–Crippen MR) is 120 cm³/mol. The average molecular weight is 381 g/mol. The van der Waals surface area contributed by atoms with E-state index in [4.69, 9.17) is 4.74 Å². The van der Waals surface area contributed by atoms with Gasteiger partial charge >= 0.3 is 5.97 Å². The zero-order valence-corrected chi connectivity index (χ0v) is 18.4. The van der Waals surface area contributed by atoms with Crippen LogP contribution in [0.2, 0.25) is 0 Å². The molecule has 0 aromatic heterocycles. The lowest BCUT2D eigenvalue weighted by molar-refractivity contribution is -0.155. The van der Waals surface area contributed by atoms with Crippen LogP contribution in [0, 0.1) is 5.41 Å². The summed E-state index contributed by atoms with van der Waals surface area (Å²) in [4.78, 5) is 11.8. The van der Waals surface area contributed by atoms with Gasteiger partial charge in [-0.1, -0.05) is 94.9 Å². The van der Waals surface area contributed by atoms with Gasteiger partial charge in [-0.3, -0.25) is 4.79 Å². The molecule has 0 saturated heterocycles. The fraction of sp³-hybridized carbons (Fsp3) is 0.423. The molecule has 0 fully saturated rings. The minimum absolute atomic E-state index is 0.146. The van der Waals surface area contributed by atoms with Crippen molar-refractivity contribution < 1.29 is 9.53 Å². The normalized spacial score (nSPS) is 11.2. The van der Waals surface area contributed by atoms with Gasteiger partial charge in [-0.25, -0.2) is 0 Å². The summed E-state index contributed by atoms with van der Waals surface area (Å²) in [7, 11) is 0. The highest BCUT2D eigenvalue weighted by molar-refractivity contribution is 5.75. The van der Waals surface area contributed by atoms with Gasteiger partial charge in [0.15, 0.2) is 0 Å². The molecule has 0 bridgehead atoms. The molecular weight excluding hydrogens is 344 g/mol. The number of benzene rings is 2. The van der Waals surface area contributed by atoms with Gasteiger partial charge in [-0.2, -0.15) is 0 Å². The van der Waals surface area contributed by atoms with Crippen molar-refractivity contribution in [2.45, 2.75) is 66.4 Å². The summed E-state index contributed by atoms with van der Waals surface area (Å²) in [5, 5.41) is 0. The Kier molecular flexibility index (Phi) is 9.18. The molecule has 2 heteroatoms. The van der Waals surface area contributed by atoms with E-state index in [1.54, 1.807) is 6.08 Å². The molecule has 0 N–H and O–H groups in total. The van der Waals surface area contributed by atoms with Crippen molar-refractivity contribution in [3.63, 3.8) is 0 Å². The second-order valence-electron chi connectivity index (χ2n) is 8.36. The maximum absolute atomic E-state index is 11.8. The van der Waals surface area contributed by atoms with E-state index in [9.17, 15) is 4.79 Å². The van der Waals surface area contributed by atoms with Crippen LogP contribution in [0.5, 0.6) is 0 Å². The number of esters is 1. The molecule has 0 radical (unpaired) electrons. The van der Waals surface area contributed by atoms with Gasteiger partial charge < -0.3 is 4.74 Å². The molecule has 152 valence electrons. The Hall–Kier alpha value is -2.35. The Labute approximate surface area is 171 Å². The first-order valence-electron chi connectivity index (χ1n) is 10.1. The lowest BCUT2D eigenvalue weighted by atomic mass is 9.82. The van der Waals surface area contributed by atoms with Crippen LogP contribution in [0.1, 0.15) is 71.1 Å². The molecule has 0 amide bonds. The molecule has 0 atom stereocenters. The molecule has 2 aromatic carbocycles. The Bertz CT molecular complexity index is 725. The number of hydrogen-bond acceptors (Lipinski definition) is 2. The van der Waals surface area contributed by atoms with Crippen LogP contribution in [0.15, 0.2) is 61.2 Å². The van der Waals surface area contributed by atoms with E-state index >= 15 is 0 Å². The molecule has 2 rings (SSSR count). The van der Waals surface area contributed by atoms with Gasteiger partial charge in [-0.05, 0) is 48.8 Å². The smallest absolute Gasteiger partial charge is 0.311 e. The largest absolute Gasteiger partial charge is 0.460 e. The van der Waals surface area contributed by atoms with Crippen molar-refractivity contribution in [3.05, 3.63) is 77.9 Å². The summed E-state index contributed by atoms with van der Waals surface area (Å²) < 4.78 is 5.29. The second kappa shape index (κ2) is 10.8. The monoisotopic (exact) mass is 380 g/mol. The summed E-state index contributed by atoms with van der Waals surface area (Å²) >= 11 is 0. The van der Waals surface area contributed by atoms with E-state index in [0.717, 1.165) is 17.5 Å². The standard InChI is InChI=1S/C15H20O2.C11H16/c1-5-12-7-9-13(10-8-12)11-17-14(16)15(3,4)6-2;1-4-11(2,3)10-8-6-5-7-9-10/h5,7-10H,1,6,11H2,2-4H3;5-9H,4H2,1-3H3. The number of rotatable bonds is 7. The van der Waals surface area contributed by atoms with Crippen molar-refractivity contribution in [1.29, 1.82) is 0 Å².